The van der Waals surface area contributed by atoms with E-state index in [9.17, 15) is 0 Å². The molecular formula is C51H37BN2O2. The monoisotopic (exact) mass is 720 g/mol. The highest BCUT2D eigenvalue weighted by atomic mass is 16.3. The van der Waals surface area contributed by atoms with Crippen molar-refractivity contribution in [3.05, 3.63) is 151 Å². The van der Waals surface area contributed by atoms with E-state index in [1.165, 1.54) is 71.4 Å². The fourth-order valence-electron chi connectivity index (χ4n) is 9.56. The molecule has 0 bridgehead atoms. The van der Waals surface area contributed by atoms with E-state index in [0.29, 0.717) is 0 Å². The molecule has 1 aliphatic heterocycles. The van der Waals surface area contributed by atoms with Gasteiger partial charge in [0.1, 0.15) is 22.3 Å². The fraction of sp³-hybridized carbons (Fsp3) is 0.0980. The number of hydrogen-bond donors (Lipinski definition) is 1. The van der Waals surface area contributed by atoms with Crippen molar-refractivity contribution in [3.63, 3.8) is 0 Å². The van der Waals surface area contributed by atoms with E-state index in [1.54, 1.807) is 0 Å². The van der Waals surface area contributed by atoms with Gasteiger partial charge >= 0.3 is 0 Å². The minimum absolute atomic E-state index is 0.0839. The summed E-state index contributed by atoms with van der Waals surface area (Å²) in [6.07, 6.45) is 0. The number of aryl methyl sites for hydroxylation is 1. The van der Waals surface area contributed by atoms with E-state index in [0.717, 1.165) is 62.5 Å². The number of nitrogens with one attached hydrogen (secondary N) is 1. The van der Waals surface area contributed by atoms with Crippen LogP contribution in [-0.2, 0) is 5.41 Å². The molecule has 0 radical (unpaired) electrons. The summed E-state index contributed by atoms with van der Waals surface area (Å²) in [5.41, 5.74) is 17.1. The molecule has 4 heterocycles. The van der Waals surface area contributed by atoms with Crippen molar-refractivity contribution in [2.24, 2.45) is 0 Å². The third-order valence-corrected chi connectivity index (χ3v) is 12.2. The van der Waals surface area contributed by atoms with Gasteiger partial charge in [0.2, 0.25) is 0 Å². The highest BCUT2D eigenvalue weighted by Crippen LogP contribution is 2.44. The zero-order valence-electron chi connectivity index (χ0n) is 31.7. The topological polar surface area (TPSA) is 43.2 Å². The van der Waals surface area contributed by atoms with Crippen LogP contribution in [0.25, 0.3) is 93.3 Å². The van der Waals surface area contributed by atoms with Crippen molar-refractivity contribution in [1.82, 2.24) is 4.57 Å². The van der Waals surface area contributed by atoms with Gasteiger partial charge < -0.3 is 18.7 Å². The van der Waals surface area contributed by atoms with E-state index < -0.39 is 0 Å². The maximum atomic E-state index is 6.52. The highest BCUT2D eigenvalue weighted by molar-refractivity contribution is 6.74. The number of aromatic nitrogens is 1. The summed E-state index contributed by atoms with van der Waals surface area (Å²) in [5.74, 6) is 0. The lowest BCUT2D eigenvalue weighted by Gasteiger charge is -2.25. The minimum Gasteiger partial charge on any atom is -0.456 e. The molecule has 4 nitrogen and oxygen atoms in total. The zero-order valence-corrected chi connectivity index (χ0v) is 31.7. The Morgan fingerprint density at radius 1 is 0.589 bits per heavy atom. The molecule has 0 amide bonds. The number of rotatable bonds is 3. The van der Waals surface area contributed by atoms with E-state index in [2.05, 4.69) is 165 Å². The second-order valence-electron chi connectivity index (χ2n) is 16.7. The Morgan fingerprint density at radius 3 is 1.98 bits per heavy atom. The molecule has 11 aromatic rings. The Balaban J connectivity index is 1.19. The SMILES string of the molecule is Cc1cc(-c2c(Nc3ccc(C(C)(C)C)cc3)ccc3ccccc23)c2c3c1c1cc4oc5ccccc5c4cc1n3-c1cc3c(cc1B2)oc1ccccc13. The fourth-order valence-corrected chi connectivity index (χ4v) is 9.56. The molecule has 8 aromatic carbocycles. The first-order valence-corrected chi connectivity index (χ1v) is 19.5. The second-order valence-corrected chi connectivity index (χ2v) is 16.7. The first kappa shape index (κ1) is 31.6. The van der Waals surface area contributed by atoms with Crippen molar-refractivity contribution in [1.29, 1.82) is 0 Å². The first-order chi connectivity index (χ1) is 27.3. The van der Waals surface area contributed by atoms with Gasteiger partial charge in [0.05, 0.1) is 5.52 Å². The third-order valence-electron chi connectivity index (χ3n) is 12.2. The van der Waals surface area contributed by atoms with Crippen LogP contribution in [0.2, 0.25) is 0 Å². The minimum atomic E-state index is 0.0839. The van der Waals surface area contributed by atoms with Crippen molar-refractivity contribution >= 4 is 106 Å². The summed E-state index contributed by atoms with van der Waals surface area (Å²) in [7, 11) is 0.771. The lowest BCUT2D eigenvalue weighted by atomic mass is 9.58. The van der Waals surface area contributed by atoms with Crippen LogP contribution in [0.15, 0.2) is 148 Å². The average molecular weight is 721 g/mol. The van der Waals surface area contributed by atoms with Gasteiger partial charge in [0.25, 0.3) is 0 Å². The smallest absolute Gasteiger partial charge is 0.198 e. The van der Waals surface area contributed by atoms with Crippen LogP contribution in [0.4, 0.5) is 11.4 Å². The zero-order chi connectivity index (χ0) is 37.4. The van der Waals surface area contributed by atoms with Crippen molar-refractivity contribution in [3.8, 4) is 16.8 Å². The molecule has 3 aromatic heterocycles. The van der Waals surface area contributed by atoms with E-state index in [1.807, 2.05) is 12.1 Å². The Kier molecular flexibility index (Phi) is 6.31. The lowest BCUT2D eigenvalue weighted by molar-refractivity contribution is 0.590. The largest absolute Gasteiger partial charge is 0.456 e. The molecular weight excluding hydrogens is 683 g/mol. The van der Waals surface area contributed by atoms with Crippen LogP contribution in [0.1, 0.15) is 31.9 Å². The van der Waals surface area contributed by atoms with Crippen LogP contribution in [-0.4, -0.2) is 11.8 Å². The normalized spacial score (nSPS) is 12.8. The summed E-state index contributed by atoms with van der Waals surface area (Å²) in [6, 6.07) is 50.7. The molecule has 56 heavy (non-hydrogen) atoms. The first-order valence-electron chi connectivity index (χ1n) is 19.5. The quantitative estimate of drug-likeness (QED) is 0.185. The maximum Gasteiger partial charge on any atom is 0.198 e. The molecule has 0 saturated carbocycles. The van der Waals surface area contributed by atoms with Gasteiger partial charge in [-0.05, 0) is 99.9 Å². The summed E-state index contributed by atoms with van der Waals surface area (Å²) >= 11 is 0. The Hall–Kier alpha value is -6.72. The molecule has 0 atom stereocenters. The van der Waals surface area contributed by atoms with Crippen molar-refractivity contribution < 1.29 is 8.83 Å². The Bertz CT molecular complexity index is 3470. The molecule has 1 aliphatic rings. The third kappa shape index (κ3) is 4.43. The standard InChI is InChI=1S/C51H37BN2O2/c1-28-23-38(48-32-12-6-5-11-29(32)17-22-40(48)53-31-20-18-30(19-21-31)51(2,3)4)49-50-47(28)37-26-45-35(33-13-7-9-15-43(33)55-45)24-41(37)54(50)42-25-36-34-14-8-10-16-44(34)56-46(36)27-39(42)52-49/h5-27,52-53H,1-4H3. The average Bonchev–Trinajstić information content (AvgIpc) is 3.87. The molecule has 0 spiro atoms. The van der Waals surface area contributed by atoms with E-state index in [4.69, 9.17) is 8.83 Å². The van der Waals surface area contributed by atoms with Crippen LogP contribution < -0.4 is 16.2 Å². The number of hydrogen-bond acceptors (Lipinski definition) is 3. The molecule has 5 heteroatoms. The molecule has 12 rings (SSSR count). The lowest BCUT2D eigenvalue weighted by Crippen LogP contribution is -2.37. The predicted octanol–water partition coefficient (Wildman–Crippen LogP) is 12.5. The van der Waals surface area contributed by atoms with Gasteiger partial charge in [0.15, 0.2) is 7.28 Å². The molecule has 0 aliphatic carbocycles. The summed E-state index contributed by atoms with van der Waals surface area (Å²) in [4.78, 5) is 0. The molecule has 0 unspecified atom stereocenters. The number of fused-ring (bicyclic) bond motifs is 12. The van der Waals surface area contributed by atoms with E-state index in [-0.39, 0.29) is 5.41 Å². The van der Waals surface area contributed by atoms with Gasteiger partial charge in [-0.25, -0.2) is 0 Å². The number of para-hydroxylation sites is 2. The van der Waals surface area contributed by atoms with Gasteiger partial charge in [0, 0.05) is 60.5 Å². The number of furan rings is 2. The number of anilines is 2. The van der Waals surface area contributed by atoms with Gasteiger partial charge in [-0.3, -0.25) is 0 Å². The van der Waals surface area contributed by atoms with Crippen molar-refractivity contribution in [2.75, 3.05) is 5.32 Å². The van der Waals surface area contributed by atoms with Gasteiger partial charge in [-0.1, -0.05) is 111 Å². The van der Waals surface area contributed by atoms with E-state index >= 15 is 0 Å². The predicted molar refractivity (Wildman–Crippen MR) is 238 cm³/mol. The molecule has 0 fully saturated rings. The molecule has 1 N–H and O–H groups in total. The number of nitrogens with zero attached hydrogens (tertiary/aromatic N) is 1. The van der Waals surface area contributed by atoms with Crippen LogP contribution in [0, 0.1) is 6.92 Å². The maximum absolute atomic E-state index is 6.52. The molecule has 266 valence electrons. The summed E-state index contributed by atoms with van der Waals surface area (Å²) in [6.45, 7) is 9.06. The van der Waals surface area contributed by atoms with Crippen LogP contribution in [0.3, 0.4) is 0 Å². The Morgan fingerprint density at radius 2 is 1.25 bits per heavy atom. The van der Waals surface area contributed by atoms with Gasteiger partial charge in [-0.2, -0.15) is 0 Å². The second kappa shape index (κ2) is 11.2. The van der Waals surface area contributed by atoms with Crippen molar-refractivity contribution in [2.45, 2.75) is 33.1 Å². The summed E-state index contributed by atoms with van der Waals surface area (Å²) in [5, 5.41) is 13.3. The molecule has 0 saturated heterocycles. The Labute approximate surface area is 324 Å². The van der Waals surface area contributed by atoms with Gasteiger partial charge in [-0.15, -0.1) is 0 Å². The number of benzene rings is 8. The highest BCUT2D eigenvalue weighted by Gasteiger charge is 2.30. The van der Waals surface area contributed by atoms with Crippen LogP contribution in [0.5, 0.6) is 0 Å². The van der Waals surface area contributed by atoms with Crippen LogP contribution >= 0.6 is 0 Å². The summed E-state index contributed by atoms with van der Waals surface area (Å²) < 4.78 is 15.6.